The van der Waals surface area contributed by atoms with Gasteiger partial charge in [-0.2, -0.15) is 0 Å². The molecule has 0 aromatic heterocycles. The number of ether oxygens (including phenoxy) is 1. The summed E-state index contributed by atoms with van der Waals surface area (Å²) in [5.74, 6) is -0.574. The monoisotopic (exact) mass is 473 g/mol. The fourth-order valence-electron chi connectivity index (χ4n) is 3.64. The highest BCUT2D eigenvalue weighted by Gasteiger charge is 2.23. The molecule has 0 spiro atoms. The zero-order valence-electron chi connectivity index (χ0n) is 19.2. The molecule has 3 rings (SSSR count). The lowest BCUT2D eigenvalue weighted by Crippen LogP contribution is -2.38. The number of hydrogen-bond acceptors (Lipinski definition) is 5. The second-order valence-electron chi connectivity index (χ2n) is 8.45. The van der Waals surface area contributed by atoms with Gasteiger partial charge in [0, 0.05) is 13.2 Å². The first-order chi connectivity index (χ1) is 15.6. The number of carbonyl (C=O) groups is 2. The third kappa shape index (κ3) is 6.79. The average molecular weight is 474 g/mol. The molecule has 0 saturated carbocycles. The lowest BCUT2D eigenvalue weighted by molar-refractivity contribution is -0.114. The third-order valence-corrected chi connectivity index (χ3v) is 6.64. The number of sulfonamides is 1. The number of hydrogen-bond donors (Lipinski definition) is 2. The first-order valence-corrected chi connectivity index (χ1v) is 12.9. The van der Waals surface area contributed by atoms with Crippen molar-refractivity contribution in [3.05, 3.63) is 59.7 Å². The van der Waals surface area contributed by atoms with Crippen molar-refractivity contribution in [2.24, 2.45) is 0 Å². The zero-order valence-corrected chi connectivity index (χ0v) is 20.0. The molecule has 0 aliphatic carbocycles. The van der Waals surface area contributed by atoms with Gasteiger partial charge < -0.3 is 15.4 Å². The molecule has 1 aliphatic heterocycles. The summed E-state index contributed by atoms with van der Waals surface area (Å²) in [6.45, 7) is 4.78. The molecule has 1 heterocycles. The molecule has 0 bridgehead atoms. The van der Waals surface area contributed by atoms with Crippen LogP contribution in [0.15, 0.2) is 48.5 Å². The number of anilines is 2. The van der Waals surface area contributed by atoms with Crippen molar-refractivity contribution in [1.29, 1.82) is 0 Å². The second-order valence-corrected chi connectivity index (χ2v) is 10.4. The minimum absolute atomic E-state index is 0.00102. The molecule has 1 saturated heterocycles. The molecular weight excluding hydrogens is 442 g/mol. The highest BCUT2D eigenvalue weighted by molar-refractivity contribution is 7.92. The van der Waals surface area contributed by atoms with Gasteiger partial charge in [-0.1, -0.05) is 38.1 Å². The summed E-state index contributed by atoms with van der Waals surface area (Å²) in [5, 5.41) is 5.52. The summed E-state index contributed by atoms with van der Waals surface area (Å²) in [5.41, 5.74) is 2.09. The Hall–Kier alpha value is -2.91. The van der Waals surface area contributed by atoms with Crippen LogP contribution in [0.5, 0.6) is 0 Å². The van der Waals surface area contributed by atoms with Crippen LogP contribution in [-0.4, -0.2) is 52.3 Å². The van der Waals surface area contributed by atoms with Crippen molar-refractivity contribution in [3.63, 3.8) is 0 Å². The number of para-hydroxylation sites is 1. The lowest BCUT2D eigenvalue weighted by Gasteiger charge is -2.23. The van der Waals surface area contributed by atoms with Gasteiger partial charge >= 0.3 is 0 Å². The van der Waals surface area contributed by atoms with Gasteiger partial charge in [0.15, 0.2) is 0 Å². The highest BCUT2D eigenvalue weighted by atomic mass is 32.2. The molecule has 8 nitrogen and oxygen atoms in total. The molecular formula is C24H31N3O5S. The maximum Gasteiger partial charge on any atom is 0.253 e. The standard InChI is InChI=1S/C24H31N3O5S/c1-17(2)18-10-12-19(13-11-18)27(33(3,30)31)16-23(28)26-22-9-5-4-8-21(22)24(29)25-15-20-7-6-14-32-20/h4-5,8-13,17,20H,6-7,14-16H2,1-3H3,(H,25,29)(H,26,28)/t20-/m1/s1. The SMILES string of the molecule is CC(C)c1ccc(N(CC(=O)Nc2ccccc2C(=O)NC[C@H]2CCCO2)S(C)(=O)=O)cc1. The molecule has 33 heavy (non-hydrogen) atoms. The van der Waals surface area contributed by atoms with Gasteiger partial charge in [0.2, 0.25) is 15.9 Å². The lowest BCUT2D eigenvalue weighted by atomic mass is 10.0. The van der Waals surface area contributed by atoms with Crippen molar-refractivity contribution in [1.82, 2.24) is 5.32 Å². The van der Waals surface area contributed by atoms with E-state index in [1.807, 2.05) is 26.0 Å². The van der Waals surface area contributed by atoms with Crippen molar-refractivity contribution in [2.45, 2.75) is 38.7 Å². The van der Waals surface area contributed by atoms with E-state index in [9.17, 15) is 18.0 Å². The molecule has 1 aliphatic rings. The Morgan fingerprint density at radius 3 is 2.42 bits per heavy atom. The number of nitrogens with zero attached hydrogens (tertiary/aromatic N) is 1. The minimum Gasteiger partial charge on any atom is -0.376 e. The molecule has 0 unspecified atom stereocenters. The van der Waals surface area contributed by atoms with Gasteiger partial charge in [-0.25, -0.2) is 8.42 Å². The van der Waals surface area contributed by atoms with E-state index < -0.39 is 22.5 Å². The topological polar surface area (TPSA) is 105 Å². The molecule has 1 fully saturated rings. The molecule has 2 aromatic carbocycles. The zero-order chi connectivity index (χ0) is 24.0. The molecule has 1 atom stereocenters. The van der Waals surface area contributed by atoms with E-state index in [1.54, 1.807) is 36.4 Å². The van der Waals surface area contributed by atoms with Crippen LogP contribution in [0.1, 0.15) is 48.5 Å². The molecule has 2 aromatic rings. The van der Waals surface area contributed by atoms with Crippen molar-refractivity contribution < 1.29 is 22.7 Å². The van der Waals surface area contributed by atoms with Crippen LogP contribution in [0.25, 0.3) is 0 Å². The smallest absolute Gasteiger partial charge is 0.253 e. The predicted molar refractivity (Wildman–Crippen MR) is 129 cm³/mol. The summed E-state index contributed by atoms with van der Waals surface area (Å²) in [7, 11) is -3.70. The number of benzene rings is 2. The Bertz CT molecular complexity index is 1080. The number of carbonyl (C=O) groups excluding carboxylic acids is 2. The third-order valence-electron chi connectivity index (χ3n) is 5.50. The van der Waals surface area contributed by atoms with E-state index in [4.69, 9.17) is 4.74 Å². The summed E-state index contributed by atoms with van der Waals surface area (Å²) < 4.78 is 31.4. The van der Waals surface area contributed by atoms with E-state index in [-0.39, 0.29) is 12.0 Å². The normalized spacial score (nSPS) is 15.9. The first kappa shape index (κ1) is 24.7. The Kier molecular flexibility index (Phi) is 8.10. The Morgan fingerprint density at radius 1 is 1.12 bits per heavy atom. The van der Waals surface area contributed by atoms with E-state index in [2.05, 4.69) is 10.6 Å². The molecule has 2 amide bonds. The summed E-state index contributed by atoms with van der Waals surface area (Å²) >= 11 is 0. The van der Waals surface area contributed by atoms with Crippen molar-refractivity contribution in [2.75, 3.05) is 35.6 Å². The van der Waals surface area contributed by atoms with Gasteiger partial charge in [-0.15, -0.1) is 0 Å². The van der Waals surface area contributed by atoms with E-state index >= 15 is 0 Å². The van der Waals surface area contributed by atoms with Crippen LogP contribution in [0, 0.1) is 0 Å². The van der Waals surface area contributed by atoms with E-state index in [0.29, 0.717) is 36.0 Å². The molecule has 9 heteroatoms. The maximum atomic E-state index is 12.8. The summed E-state index contributed by atoms with van der Waals surface area (Å²) in [4.78, 5) is 25.5. The largest absolute Gasteiger partial charge is 0.376 e. The van der Waals surface area contributed by atoms with Gasteiger partial charge in [0.25, 0.3) is 5.91 Å². The second kappa shape index (κ2) is 10.8. The van der Waals surface area contributed by atoms with Crippen LogP contribution in [-0.2, 0) is 19.6 Å². The highest BCUT2D eigenvalue weighted by Crippen LogP contribution is 2.22. The Labute approximate surface area is 195 Å². The number of amides is 2. The Balaban J connectivity index is 1.71. The number of rotatable bonds is 9. The first-order valence-electron chi connectivity index (χ1n) is 11.0. The van der Waals surface area contributed by atoms with E-state index in [1.165, 1.54) is 0 Å². The van der Waals surface area contributed by atoms with Crippen LogP contribution in [0.2, 0.25) is 0 Å². The van der Waals surface area contributed by atoms with Crippen LogP contribution in [0.3, 0.4) is 0 Å². The van der Waals surface area contributed by atoms with Gasteiger partial charge in [0.1, 0.15) is 6.54 Å². The van der Waals surface area contributed by atoms with Crippen LogP contribution in [0.4, 0.5) is 11.4 Å². The van der Waals surface area contributed by atoms with Crippen LogP contribution >= 0.6 is 0 Å². The van der Waals surface area contributed by atoms with Crippen LogP contribution < -0.4 is 14.9 Å². The van der Waals surface area contributed by atoms with Crippen molar-refractivity contribution in [3.8, 4) is 0 Å². The van der Waals surface area contributed by atoms with Gasteiger partial charge in [-0.3, -0.25) is 13.9 Å². The quantitative estimate of drug-likeness (QED) is 0.582. The van der Waals surface area contributed by atoms with Crippen molar-refractivity contribution >= 4 is 33.2 Å². The minimum atomic E-state index is -3.70. The summed E-state index contributed by atoms with van der Waals surface area (Å²) in [6, 6.07) is 13.7. The Morgan fingerprint density at radius 2 is 1.82 bits per heavy atom. The number of nitrogens with one attached hydrogen (secondary N) is 2. The van der Waals surface area contributed by atoms with Gasteiger partial charge in [-0.05, 0) is 48.6 Å². The molecule has 2 N–H and O–H groups in total. The molecule has 178 valence electrons. The maximum absolute atomic E-state index is 12.8. The fourth-order valence-corrected chi connectivity index (χ4v) is 4.50. The van der Waals surface area contributed by atoms with Gasteiger partial charge in [0.05, 0.1) is 29.3 Å². The van der Waals surface area contributed by atoms with E-state index in [0.717, 1.165) is 29.0 Å². The average Bonchev–Trinajstić information content (AvgIpc) is 3.29. The molecule has 0 radical (unpaired) electrons. The fraction of sp³-hybridized carbons (Fsp3) is 0.417. The predicted octanol–water partition coefficient (Wildman–Crippen LogP) is 3.12. The summed E-state index contributed by atoms with van der Waals surface area (Å²) in [6.07, 6.45) is 2.94.